The Labute approximate surface area is 190 Å². The molecule has 0 saturated heterocycles. The molecule has 1 amide bonds. The lowest BCUT2D eigenvalue weighted by molar-refractivity contribution is -0.146. The van der Waals surface area contributed by atoms with E-state index in [1.54, 1.807) is 0 Å². The summed E-state index contributed by atoms with van der Waals surface area (Å²) in [5, 5.41) is 2.61. The van der Waals surface area contributed by atoms with E-state index in [2.05, 4.69) is 5.32 Å². The number of alkyl halides is 6. The number of nitrogens with one attached hydrogen (secondary N) is 1. The lowest BCUT2D eigenvalue weighted by Crippen LogP contribution is -2.39. The average molecular weight is 491 g/mol. The van der Waals surface area contributed by atoms with Gasteiger partial charge in [0.1, 0.15) is 5.82 Å². The van der Waals surface area contributed by atoms with Gasteiger partial charge in [-0.15, -0.1) is 0 Å². The molecule has 3 rings (SSSR count). The molecular formula is C23H20F7NO3. The van der Waals surface area contributed by atoms with Crippen LogP contribution in [0.4, 0.5) is 30.7 Å². The first-order valence-electron chi connectivity index (χ1n) is 10.2. The van der Waals surface area contributed by atoms with Gasteiger partial charge >= 0.3 is 18.3 Å². The first-order valence-corrected chi connectivity index (χ1v) is 10.2. The molecule has 11 heteroatoms. The Morgan fingerprint density at radius 1 is 0.941 bits per heavy atom. The molecule has 1 N–H and O–H groups in total. The van der Waals surface area contributed by atoms with Crippen LogP contribution in [0, 0.1) is 11.7 Å². The molecule has 1 fully saturated rings. The summed E-state index contributed by atoms with van der Waals surface area (Å²) in [6.07, 6.45) is -10.2. The molecule has 34 heavy (non-hydrogen) atoms. The van der Waals surface area contributed by atoms with Gasteiger partial charge in [0.05, 0.1) is 30.6 Å². The van der Waals surface area contributed by atoms with Gasteiger partial charge in [0.2, 0.25) is 5.91 Å². The summed E-state index contributed by atoms with van der Waals surface area (Å²) in [7, 11) is 1.20. The van der Waals surface area contributed by atoms with E-state index in [1.807, 2.05) is 0 Å². The number of hydrogen-bond donors (Lipinski definition) is 1. The van der Waals surface area contributed by atoms with Crippen LogP contribution in [0.3, 0.4) is 0 Å². The first kappa shape index (κ1) is 25.5. The lowest BCUT2D eigenvalue weighted by atomic mass is 9.86. The molecule has 1 aliphatic carbocycles. The maximum Gasteiger partial charge on any atom is 0.416 e. The minimum absolute atomic E-state index is 0.0100. The van der Waals surface area contributed by atoms with E-state index in [0.29, 0.717) is 30.5 Å². The van der Waals surface area contributed by atoms with Crippen LogP contribution < -0.4 is 5.32 Å². The van der Waals surface area contributed by atoms with E-state index in [4.69, 9.17) is 4.74 Å². The van der Waals surface area contributed by atoms with Crippen LogP contribution in [0.15, 0.2) is 42.5 Å². The van der Waals surface area contributed by atoms with Crippen molar-refractivity contribution in [1.82, 2.24) is 5.32 Å². The quantitative estimate of drug-likeness (QED) is 0.459. The van der Waals surface area contributed by atoms with Crippen molar-refractivity contribution in [3.05, 3.63) is 70.5 Å². The lowest BCUT2D eigenvalue weighted by Gasteiger charge is -2.25. The number of halogens is 7. The average Bonchev–Trinajstić information content (AvgIpc) is 3.15. The molecule has 0 radical (unpaired) electrons. The van der Waals surface area contributed by atoms with Crippen LogP contribution in [0.25, 0.3) is 0 Å². The number of rotatable bonds is 5. The monoisotopic (exact) mass is 491 g/mol. The second-order valence-corrected chi connectivity index (χ2v) is 8.05. The smallest absolute Gasteiger partial charge is 0.416 e. The highest BCUT2D eigenvalue weighted by molar-refractivity contribution is 5.80. The van der Waals surface area contributed by atoms with Crippen LogP contribution in [0.2, 0.25) is 0 Å². The largest absolute Gasteiger partial charge is 0.469 e. The summed E-state index contributed by atoms with van der Waals surface area (Å²) in [4.78, 5) is 24.8. The number of hydrogen-bond acceptors (Lipinski definition) is 3. The third-order valence-electron chi connectivity index (χ3n) is 5.77. The van der Waals surface area contributed by atoms with E-state index < -0.39 is 71.0 Å². The predicted octanol–water partition coefficient (Wildman–Crippen LogP) is 5.26. The first-order chi connectivity index (χ1) is 15.8. The molecule has 1 aliphatic rings. The zero-order valence-electron chi connectivity index (χ0n) is 17.8. The van der Waals surface area contributed by atoms with E-state index in [0.717, 1.165) is 0 Å². The van der Waals surface area contributed by atoms with Crippen molar-refractivity contribution in [3.63, 3.8) is 0 Å². The third kappa shape index (κ3) is 5.87. The highest BCUT2D eigenvalue weighted by Gasteiger charge is 2.43. The molecule has 2 aromatic carbocycles. The van der Waals surface area contributed by atoms with Crippen molar-refractivity contribution in [2.45, 2.75) is 43.6 Å². The summed E-state index contributed by atoms with van der Waals surface area (Å²) >= 11 is 0. The summed E-state index contributed by atoms with van der Waals surface area (Å²) < 4.78 is 96.7. The van der Waals surface area contributed by atoms with Crippen molar-refractivity contribution < 1.29 is 45.1 Å². The minimum atomic E-state index is -5.03. The molecule has 0 unspecified atom stereocenters. The second-order valence-electron chi connectivity index (χ2n) is 8.05. The van der Waals surface area contributed by atoms with Crippen molar-refractivity contribution in [1.29, 1.82) is 0 Å². The fourth-order valence-corrected chi connectivity index (χ4v) is 4.29. The van der Waals surface area contributed by atoms with Crippen LogP contribution >= 0.6 is 0 Å². The SMILES string of the molecule is COC(=O)[C@@H]1CC[C@H](NC(=O)Cc2cc(C(F)(F)F)cc(C(F)(F)F)c2)[C@H]1c1ccc(F)cc1. The molecule has 3 atom stereocenters. The molecule has 0 aromatic heterocycles. The number of carbonyl (C=O) groups is 2. The highest BCUT2D eigenvalue weighted by Crippen LogP contribution is 2.41. The molecule has 0 aliphatic heterocycles. The summed E-state index contributed by atoms with van der Waals surface area (Å²) in [5.41, 5.74) is -2.94. The second kappa shape index (κ2) is 9.63. The van der Waals surface area contributed by atoms with Gasteiger partial charge in [0.15, 0.2) is 0 Å². The Morgan fingerprint density at radius 3 is 2.00 bits per heavy atom. The Bertz CT molecular complexity index is 1020. The molecule has 4 nitrogen and oxygen atoms in total. The molecular weight excluding hydrogens is 471 g/mol. The number of esters is 1. The summed E-state index contributed by atoms with van der Waals surface area (Å²) in [6, 6.07) is 5.59. The van der Waals surface area contributed by atoms with Gasteiger partial charge in [-0.3, -0.25) is 9.59 Å². The number of carbonyl (C=O) groups excluding carboxylic acids is 2. The number of benzene rings is 2. The number of methoxy groups -OCH3 is 1. The topological polar surface area (TPSA) is 55.4 Å². The fraction of sp³-hybridized carbons (Fsp3) is 0.391. The summed E-state index contributed by atoms with van der Waals surface area (Å²) in [6.45, 7) is 0. The molecule has 0 spiro atoms. The maximum absolute atomic E-state index is 13.4. The van der Waals surface area contributed by atoms with Crippen LogP contribution in [-0.2, 0) is 33.1 Å². The molecule has 184 valence electrons. The van der Waals surface area contributed by atoms with Crippen molar-refractivity contribution in [3.8, 4) is 0 Å². The van der Waals surface area contributed by atoms with E-state index in [1.165, 1.54) is 31.4 Å². The zero-order valence-corrected chi connectivity index (χ0v) is 17.8. The fourth-order valence-electron chi connectivity index (χ4n) is 4.29. The Morgan fingerprint density at radius 2 is 1.50 bits per heavy atom. The van der Waals surface area contributed by atoms with Gasteiger partial charge in [-0.2, -0.15) is 26.3 Å². The van der Waals surface area contributed by atoms with Crippen molar-refractivity contribution >= 4 is 11.9 Å². The zero-order chi connectivity index (χ0) is 25.3. The maximum atomic E-state index is 13.4. The van der Waals surface area contributed by atoms with Crippen LogP contribution in [0.5, 0.6) is 0 Å². The minimum Gasteiger partial charge on any atom is -0.469 e. The molecule has 0 bridgehead atoms. The van der Waals surface area contributed by atoms with Crippen LogP contribution in [0.1, 0.15) is 41.0 Å². The van der Waals surface area contributed by atoms with E-state index >= 15 is 0 Å². The van der Waals surface area contributed by atoms with Gasteiger partial charge in [0, 0.05) is 12.0 Å². The Balaban J connectivity index is 1.84. The van der Waals surface area contributed by atoms with Gasteiger partial charge in [-0.05, 0) is 54.3 Å². The highest BCUT2D eigenvalue weighted by atomic mass is 19.4. The van der Waals surface area contributed by atoms with Crippen molar-refractivity contribution in [2.24, 2.45) is 5.92 Å². The van der Waals surface area contributed by atoms with Gasteiger partial charge in [-0.25, -0.2) is 4.39 Å². The van der Waals surface area contributed by atoms with E-state index in [9.17, 15) is 40.3 Å². The van der Waals surface area contributed by atoms with Crippen LogP contribution in [-0.4, -0.2) is 25.0 Å². The third-order valence-corrected chi connectivity index (χ3v) is 5.77. The normalized spacial score (nSPS) is 20.8. The molecule has 0 heterocycles. The van der Waals surface area contributed by atoms with Gasteiger partial charge in [-0.1, -0.05) is 12.1 Å². The van der Waals surface area contributed by atoms with Crippen molar-refractivity contribution in [2.75, 3.05) is 7.11 Å². The standard InChI is InChI=1S/C23H20F7NO3/c1-34-21(33)17-6-7-18(20(17)13-2-4-16(24)5-3-13)31-19(32)10-12-8-14(22(25,26)27)11-15(9-12)23(28,29)30/h2-5,8-9,11,17-18,20H,6-7,10H2,1H3,(H,31,32)/t17-,18+,20+/m1/s1. The molecule has 1 saturated carbocycles. The number of amides is 1. The van der Waals surface area contributed by atoms with Gasteiger partial charge < -0.3 is 10.1 Å². The molecule has 2 aromatic rings. The Kier molecular flexibility index (Phi) is 7.23. The number of ether oxygens (including phenoxy) is 1. The summed E-state index contributed by atoms with van der Waals surface area (Å²) in [5.74, 6) is -3.13. The Hall–Kier alpha value is -3.11. The van der Waals surface area contributed by atoms with Gasteiger partial charge in [0.25, 0.3) is 0 Å². The predicted molar refractivity (Wildman–Crippen MR) is 106 cm³/mol. The van der Waals surface area contributed by atoms with E-state index in [-0.39, 0.29) is 6.07 Å².